The van der Waals surface area contributed by atoms with Crippen LogP contribution in [-0.4, -0.2) is 22.5 Å². The van der Waals surface area contributed by atoms with Crippen molar-refractivity contribution < 1.29 is 14.7 Å². The molecule has 106 valence electrons. The van der Waals surface area contributed by atoms with Gasteiger partial charge in [0.2, 0.25) is 5.91 Å². The van der Waals surface area contributed by atoms with Gasteiger partial charge in [-0.15, -0.1) is 0 Å². The van der Waals surface area contributed by atoms with Crippen LogP contribution < -0.4 is 5.32 Å². The molecule has 0 aliphatic heterocycles. The molecule has 0 aromatic carbocycles. The average Bonchev–Trinajstić information content (AvgIpc) is 2.35. The summed E-state index contributed by atoms with van der Waals surface area (Å²) < 4.78 is 0. The van der Waals surface area contributed by atoms with Crippen LogP contribution in [0.1, 0.15) is 60.3 Å². The molecule has 0 heterocycles. The molecule has 0 rings (SSSR count). The Labute approximate surface area is 110 Å². The maximum Gasteiger partial charge on any atom is 0.305 e. The lowest BCUT2D eigenvalue weighted by Gasteiger charge is -2.33. The molecule has 0 radical (unpaired) electrons. The molecule has 2 unspecified atom stereocenters. The monoisotopic (exact) mass is 257 g/mol. The van der Waals surface area contributed by atoms with Gasteiger partial charge in [-0.1, -0.05) is 41.0 Å². The van der Waals surface area contributed by atoms with Crippen molar-refractivity contribution in [2.45, 2.75) is 65.8 Å². The summed E-state index contributed by atoms with van der Waals surface area (Å²) in [7, 11) is 0. The maximum absolute atomic E-state index is 12.2. The summed E-state index contributed by atoms with van der Waals surface area (Å²) in [6.45, 7) is 9.83. The van der Waals surface area contributed by atoms with E-state index in [0.29, 0.717) is 18.8 Å². The first-order chi connectivity index (χ1) is 8.31. The molecule has 0 aliphatic rings. The van der Waals surface area contributed by atoms with Crippen LogP contribution in [0, 0.1) is 11.8 Å². The number of nitrogens with one attached hydrogen (secondary N) is 1. The third-order valence-electron chi connectivity index (χ3n) is 4.14. The minimum Gasteiger partial charge on any atom is -0.481 e. The third-order valence-corrected chi connectivity index (χ3v) is 4.14. The summed E-state index contributed by atoms with van der Waals surface area (Å²) in [4.78, 5) is 23.1. The molecule has 2 N–H and O–H groups in total. The SMILES string of the molecule is CCC(C)C(C)C(=O)NC(CC)(CC)CC(=O)O. The van der Waals surface area contributed by atoms with Crippen LogP contribution in [0.5, 0.6) is 0 Å². The Kier molecular flexibility index (Phi) is 6.96. The van der Waals surface area contributed by atoms with Crippen molar-refractivity contribution in [1.82, 2.24) is 5.32 Å². The highest BCUT2D eigenvalue weighted by Crippen LogP contribution is 2.22. The number of carbonyl (C=O) groups is 2. The van der Waals surface area contributed by atoms with E-state index in [1.807, 2.05) is 27.7 Å². The van der Waals surface area contributed by atoms with E-state index in [2.05, 4.69) is 12.2 Å². The highest BCUT2D eigenvalue weighted by Gasteiger charge is 2.33. The van der Waals surface area contributed by atoms with Crippen LogP contribution >= 0.6 is 0 Å². The van der Waals surface area contributed by atoms with Gasteiger partial charge < -0.3 is 10.4 Å². The first-order valence-electron chi connectivity index (χ1n) is 6.85. The minimum absolute atomic E-state index is 0.0149. The van der Waals surface area contributed by atoms with Crippen LogP contribution in [0.15, 0.2) is 0 Å². The lowest BCUT2D eigenvalue weighted by Crippen LogP contribution is -2.51. The molecule has 0 bridgehead atoms. The fraction of sp³-hybridized carbons (Fsp3) is 0.857. The largest absolute Gasteiger partial charge is 0.481 e. The van der Waals surface area contributed by atoms with E-state index in [1.165, 1.54) is 0 Å². The molecule has 4 heteroatoms. The molecule has 2 atom stereocenters. The number of carbonyl (C=O) groups excluding carboxylic acids is 1. The van der Waals surface area contributed by atoms with Crippen molar-refractivity contribution in [2.24, 2.45) is 11.8 Å². The van der Waals surface area contributed by atoms with Gasteiger partial charge in [0.25, 0.3) is 0 Å². The van der Waals surface area contributed by atoms with E-state index in [0.717, 1.165) is 6.42 Å². The lowest BCUT2D eigenvalue weighted by molar-refractivity contribution is -0.139. The summed E-state index contributed by atoms with van der Waals surface area (Å²) in [6, 6.07) is 0. The summed E-state index contributed by atoms with van der Waals surface area (Å²) >= 11 is 0. The van der Waals surface area contributed by atoms with Gasteiger partial charge in [-0.05, 0) is 18.8 Å². The van der Waals surface area contributed by atoms with Gasteiger partial charge in [-0.2, -0.15) is 0 Å². The van der Waals surface area contributed by atoms with Crippen molar-refractivity contribution >= 4 is 11.9 Å². The van der Waals surface area contributed by atoms with Gasteiger partial charge in [0, 0.05) is 11.5 Å². The highest BCUT2D eigenvalue weighted by molar-refractivity contribution is 5.80. The van der Waals surface area contributed by atoms with Crippen LogP contribution in [0.2, 0.25) is 0 Å². The second-order valence-electron chi connectivity index (χ2n) is 5.22. The molecule has 0 spiro atoms. The highest BCUT2D eigenvalue weighted by atomic mass is 16.4. The number of aliphatic carboxylic acids is 1. The molecule has 4 nitrogen and oxygen atoms in total. The zero-order valence-electron chi connectivity index (χ0n) is 12.2. The topological polar surface area (TPSA) is 66.4 Å². The normalized spacial score (nSPS) is 14.9. The van der Waals surface area contributed by atoms with E-state index in [4.69, 9.17) is 5.11 Å². The van der Waals surface area contributed by atoms with E-state index in [9.17, 15) is 9.59 Å². The van der Waals surface area contributed by atoms with Crippen LogP contribution in [0.3, 0.4) is 0 Å². The standard InChI is InChI=1S/C14H27NO3/c1-6-10(4)11(5)13(18)15-14(7-2,8-3)9-12(16)17/h10-11H,6-9H2,1-5H3,(H,15,18)(H,16,17). The predicted molar refractivity (Wildman–Crippen MR) is 72.3 cm³/mol. The van der Waals surface area contributed by atoms with Crippen molar-refractivity contribution in [3.63, 3.8) is 0 Å². The Morgan fingerprint density at radius 3 is 2.00 bits per heavy atom. The van der Waals surface area contributed by atoms with Crippen molar-refractivity contribution in [2.75, 3.05) is 0 Å². The molecule has 0 aromatic heterocycles. The van der Waals surface area contributed by atoms with E-state index in [1.54, 1.807) is 0 Å². The summed E-state index contributed by atoms with van der Waals surface area (Å²) in [5.41, 5.74) is -0.607. The predicted octanol–water partition coefficient (Wildman–Crippen LogP) is 2.82. The van der Waals surface area contributed by atoms with Gasteiger partial charge in [0.15, 0.2) is 0 Å². The van der Waals surface area contributed by atoms with Crippen LogP contribution in [0.25, 0.3) is 0 Å². The Morgan fingerprint density at radius 2 is 1.67 bits per heavy atom. The van der Waals surface area contributed by atoms with E-state index in [-0.39, 0.29) is 18.2 Å². The Balaban J connectivity index is 4.78. The first kappa shape index (κ1) is 16.9. The molecular weight excluding hydrogens is 230 g/mol. The minimum atomic E-state index is -0.866. The molecule has 0 saturated carbocycles. The van der Waals surface area contributed by atoms with Gasteiger partial charge in [0.1, 0.15) is 0 Å². The number of rotatable bonds is 8. The first-order valence-corrected chi connectivity index (χ1v) is 6.85. The summed E-state index contributed by atoms with van der Waals surface area (Å²) in [5, 5.41) is 11.9. The fourth-order valence-electron chi connectivity index (χ4n) is 2.00. The maximum atomic E-state index is 12.2. The fourth-order valence-corrected chi connectivity index (χ4v) is 2.00. The molecular formula is C14H27NO3. The second kappa shape index (κ2) is 7.39. The molecule has 1 amide bonds. The Bertz CT molecular complexity index is 285. The molecule has 18 heavy (non-hydrogen) atoms. The zero-order valence-corrected chi connectivity index (χ0v) is 12.2. The summed E-state index contributed by atoms with van der Waals surface area (Å²) in [5.74, 6) is -0.674. The number of carboxylic acid groups (broad SMARTS) is 1. The Morgan fingerprint density at radius 1 is 1.17 bits per heavy atom. The smallest absolute Gasteiger partial charge is 0.305 e. The third kappa shape index (κ3) is 4.67. The van der Waals surface area contributed by atoms with Crippen molar-refractivity contribution in [1.29, 1.82) is 0 Å². The van der Waals surface area contributed by atoms with Gasteiger partial charge in [0.05, 0.1) is 6.42 Å². The van der Waals surface area contributed by atoms with E-state index < -0.39 is 11.5 Å². The van der Waals surface area contributed by atoms with Crippen molar-refractivity contribution in [3.05, 3.63) is 0 Å². The lowest BCUT2D eigenvalue weighted by atomic mass is 9.86. The van der Waals surface area contributed by atoms with Gasteiger partial charge >= 0.3 is 5.97 Å². The number of carboxylic acids is 1. The molecule has 0 aliphatic carbocycles. The zero-order chi connectivity index (χ0) is 14.3. The van der Waals surface area contributed by atoms with Crippen LogP contribution in [-0.2, 0) is 9.59 Å². The molecule has 0 fully saturated rings. The quantitative estimate of drug-likeness (QED) is 0.702. The van der Waals surface area contributed by atoms with Crippen molar-refractivity contribution in [3.8, 4) is 0 Å². The second-order valence-corrected chi connectivity index (χ2v) is 5.22. The number of hydrogen-bond donors (Lipinski definition) is 2. The van der Waals surface area contributed by atoms with Crippen LogP contribution in [0.4, 0.5) is 0 Å². The Hall–Kier alpha value is -1.06. The number of amides is 1. The van der Waals surface area contributed by atoms with Gasteiger partial charge in [-0.25, -0.2) is 0 Å². The summed E-state index contributed by atoms with van der Waals surface area (Å²) in [6.07, 6.45) is 2.20. The van der Waals surface area contributed by atoms with Gasteiger partial charge in [-0.3, -0.25) is 9.59 Å². The average molecular weight is 257 g/mol. The molecule has 0 aromatic rings. The number of hydrogen-bond acceptors (Lipinski definition) is 2. The molecule has 0 saturated heterocycles. The van der Waals surface area contributed by atoms with E-state index >= 15 is 0 Å².